The highest BCUT2D eigenvalue weighted by Gasteiger charge is 2.25. The summed E-state index contributed by atoms with van der Waals surface area (Å²) in [5, 5.41) is 3.09. The molecule has 2 aromatic heterocycles. The Kier molecular flexibility index (Phi) is 6.78. The summed E-state index contributed by atoms with van der Waals surface area (Å²) in [4.78, 5) is 25.6. The van der Waals surface area contributed by atoms with Crippen molar-refractivity contribution in [3.05, 3.63) is 48.3 Å². The van der Waals surface area contributed by atoms with Crippen molar-refractivity contribution in [1.82, 2.24) is 29.7 Å². The largest absolute Gasteiger partial charge is 0.379 e. The summed E-state index contributed by atoms with van der Waals surface area (Å²) in [6.07, 6.45) is 5.43. The van der Waals surface area contributed by atoms with Crippen molar-refractivity contribution in [2.45, 2.75) is 19.5 Å². The van der Waals surface area contributed by atoms with Gasteiger partial charge in [0, 0.05) is 51.8 Å². The number of imidazole rings is 1. The summed E-state index contributed by atoms with van der Waals surface area (Å²) < 4.78 is 7.40. The molecule has 1 aliphatic rings. The Morgan fingerprint density at radius 2 is 2.11 bits per heavy atom. The Balaban J connectivity index is 1.64. The molecule has 2 amide bonds. The normalized spacial score (nSPS) is 16.1. The van der Waals surface area contributed by atoms with Gasteiger partial charge < -0.3 is 19.5 Å². The van der Waals surface area contributed by atoms with Gasteiger partial charge in [-0.25, -0.2) is 9.78 Å². The lowest BCUT2D eigenvalue weighted by molar-refractivity contribution is 0.0156. The standard InChI is InChI=1S/C19H28N6O2/c1-3-24(15-18-21-8-9-23(18)2)19(26)22-14-17(16-6-4-5-7-20-16)25-10-12-27-13-11-25/h4-9,17H,3,10-15H2,1-2H3,(H,22,26). The molecule has 1 fully saturated rings. The van der Waals surface area contributed by atoms with Crippen LogP contribution in [0.25, 0.3) is 0 Å². The molecule has 2 aromatic rings. The van der Waals surface area contributed by atoms with Crippen LogP contribution in [0.15, 0.2) is 36.8 Å². The van der Waals surface area contributed by atoms with Crippen LogP contribution in [0.3, 0.4) is 0 Å². The van der Waals surface area contributed by atoms with Gasteiger partial charge in [0.25, 0.3) is 0 Å². The predicted octanol–water partition coefficient (Wildman–Crippen LogP) is 1.42. The van der Waals surface area contributed by atoms with E-state index in [0.29, 0.717) is 32.8 Å². The Morgan fingerprint density at radius 3 is 2.74 bits per heavy atom. The molecule has 3 rings (SSSR count). The van der Waals surface area contributed by atoms with Crippen molar-refractivity contribution >= 4 is 6.03 Å². The Morgan fingerprint density at radius 1 is 1.30 bits per heavy atom. The van der Waals surface area contributed by atoms with Crippen molar-refractivity contribution in [1.29, 1.82) is 0 Å². The number of pyridine rings is 1. The highest BCUT2D eigenvalue weighted by atomic mass is 16.5. The van der Waals surface area contributed by atoms with E-state index < -0.39 is 0 Å². The summed E-state index contributed by atoms with van der Waals surface area (Å²) in [6, 6.07) is 5.85. The number of hydrogen-bond donors (Lipinski definition) is 1. The minimum absolute atomic E-state index is 0.0333. The van der Waals surface area contributed by atoms with Crippen molar-refractivity contribution < 1.29 is 9.53 Å². The van der Waals surface area contributed by atoms with E-state index in [-0.39, 0.29) is 12.1 Å². The van der Waals surface area contributed by atoms with Crippen LogP contribution in [0.5, 0.6) is 0 Å². The fourth-order valence-electron chi connectivity index (χ4n) is 3.23. The summed E-state index contributed by atoms with van der Waals surface area (Å²) >= 11 is 0. The second-order valence-electron chi connectivity index (χ2n) is 6.57. The van der Waals surface area contributed by atoms with Gasteiger partial charge in [-0.2, -0.15) is 0 Å². The zero-order chi connectivity index (χ0) is 19.1. The van der Waals surface area contributed by atoms with Crippen LogP contribution in [0.4, 0.5) is 4.79 Å². The highest BCUT2D eigenvalue weighted by Crippen LogP contribution is 2.19. The van der Waals surface area contributed by atoms with Gasteiger partial charge in [-0.05, 0) is 19.1 Å². The SMILES string of the molecule is CCN(Cc1nccn1C)C(=O)NCC(c1ccccn1)N1CCOCC1. The highest BCUT2D eigenvalue weighted by molar-refractivity contribution is 5.74. The van der Waals surface area contributed by atoms with Gasteiger partial charge in [0.1, 0.15) is 5.82 Å². The lowest BCUT2D eigenvalue weighted by Crippen LogP contribution is -2.47. The molecular weight excluding hydrogens is 344 g/mol. The third-order valence-electron chi connectivity index (χ3n) is 4.88. The third-order valence-corrected chi connectivity index (χ3v) is 4.88. The van der Waals surface area contributed by atoms with E-state index in [9.17, 15) is 4.79 Å². The van der Waals surface area contributed by atoms with Gasteiger partial charge in [0.05, 0.1) is 31.5 Å². The summed E-state index contributed by atoms with van der Waals surface area (Å²) in [5.41, 5.74) is 0.965. The first-order valence-electron chi connectivity index (χ1n) is 9.40. The first-order chi connectivity index (χ1) is 13.2. The summed E-state index contributed by atoms with van der Waals surface area (Å²) in [6.45, 7) is 6.66. The van der Waals surface area contributed by atoms with E-state index >= 15 is 0 Å². The minimum atomic E-state index is -0.0882. The predicted molar refractivity (Wildman–Crippen MR) is 102 cm³/mol. The van der Waals surface area contributed by atoms with Gasteiger partial charge in [-0.3, -0.25) is 9.88 Å². The molecule has 27 heavy (non-hydrogen) atoms. The minimum Gasteiger partial charge on any atom is -0.379 e. The van der Waals surface area contributed by atoms with Crippen LogP contribution in [-0.2, 0) is 18.3 Å². The zero-order valence-corrected chi connectivity index (χ0v) is 16.0. The Bertz CT molecular complexity index is 714. The van der Waals surface area contributed by atoms with Crippen LogP contribution < -0.4 is 5.32 Å². The van der Waals surface area contributed by atoms with E-state index in [4.69, 9.17) is 4.74 Å². The van der Waals surface area contributed by atoms with Crippen molar-refractivity contribution in [3.8, 4) is 0 Å². The molecule has 0 aliphatic carbocycles. The number of amides is 2. The molecule has 1 unspecified atom stereocenters. The maximum absolute atomic E-state index is 12.7. The number of rotatable bonds is 7. The number of morpholine rings is 1. The topological polar surface area (TPSA) is 75.5 Å². The average Bonchev–Trinajstić information content (AvgIpc) is 3.12. The molecule has 0 spiro atoms. The van der Waals surface area contributed by atoms with Gasteiger partial charge in [0.2, 0.25) is 0 Å². The van der Waals surface area contributed by atoms with Crippen LogP contribution >= 0.6 is 0 Å². The maximum Gasteiger partial charge on any atom is 0.317 e. The van der Waals surface area contributed by atoms with Crippen LogP contribution in [-0.4, -0.2) is 69.8 Å². The Hall–Kier alpha value is -2.45. The smallest absolute Gasteiger partial charge is 0.317 e. The summed E-state index contributed by atoms with van der Waals surface area (Å²) in [7, 11) is 1.93. The van der Waals surface area contributed by atoms with Crippen molar-refractivity contribution in [2.75, 3.05) is 39.4 Å². The van der Waals surface area contributed by atoms with Crippen LogP contribution in [0, 0.1) is 0 Å². The fraction of sp³-hybridized carbons (Fsp3) is 0.526. The zero-order valence-electron chi connectivity index (χ0n) is 16.0. The molecule has 1 aliphatic heterocycles. The first-order valence-corrected chi connectivity index (χ1v) is 9.40. The van der Waals surface area contributed by atoms with Gasteiger partial charge in [0.15, 0.2) is 0 Å². The number of hydrogen-bond acceptors (Lipinski definition) is 5. The molecule has 1 atom stereocenters. The first kappa shape index (κ1) is 19.3. The number of nitrogens with one attached hydrogen (secondary N) is 1. The second-order valence-corrected chi connectivity index (χ2v) is 6.57. The molecule has 0 saturated carbocycles. The second kappa shape index (κ2) is 9.48. The average molecular weight is 372 g/mol. The maximum atomic E-state index is 12.7. The van der Waals surface area contributed by atoms with Crippen LogP contribution in [0.1, 0.15) is 24.5 Å². The lowest BCUT2D eigenvalue weighted by atomic mass is 10.1. The molecule has 0 bridgehead atoms. The fourth-order valence-corrected chi connectivity index (χ4v) is 3.23. The van der Waals surface area contributed by atoms with Crippen molar-refractivity contribution in [2.24, 2.45) is 7.05 Å². The van der Waals surface area contributed by atoms with Gasteiger partial charge in [-0.1, -0.05) is 6.07 Å². The molecule has 1 N–H and O–H groups in total. The summed E-state index contributed by atoms with van der Waals surface area (Å²) in [5.74, 6) is 0.862. The van der Waals surface area contributed by atoms with Gasteiger partial charge in [-0.15, -0.1) is 0 Å². The quantitative estimate of drug-likeness (QED) is 0.796. The molecular formula is C19H28N6O2. The molecule has 0 radical (unpaired) electrons. The lowest BCUT2D eigenvalue weighted by Gasteiger charge is -2.34. The molecule has 146 valence electrons. The number of nitrogens with zero attached hydrogens (tertiary/aromatic N) is 5. The molecule has 0 aromatic carbocycles. The van der Waals surface area contributed by atoms with E-state index in [1.165, 1.54) is 0 Å². The van der Waals surface area contributed by atoms with E-state index in [2.05, 4.69) is 20.2 Å². The number of aryl methyl sites for hydroxylation is 1. The monoisotopic (exact) mass is 372 g/mol. The molecule has 1 saturated heterocycles. The Labute approximate surface area is 160 Å². The number of ether oxygens (including phenoxy) is 1. The van der Waals surface area contributed by atoms with E-state index in [1.54, 1.807) is 17.3 Å². The number of carbonyl (C=O) groups is 1. The molecule has 8 nitrogen and oxygen atoms in total. The molecule has 8 heteroatoms. The van der Waals surface area contributed by atoms with E-state index in [0.717, 1.165) is 24.6 Å². The third kappa shape index (κ3) is 5.05. The molecule has 3 heterocycles. The van der Waals surface area contributed by atoms with E-state index in [1.807, 2.05) is 42.9 Å². The van der Waals surface area contributed by atoms with Crippen LogP contribution in [0.2, 0.25) is 0 Å². The number of carbonyl (C=O) groups excluding carboxylic acids is 1. The van der Waals surface area contributed by atoms with Crippen molar-refractivity contribution in [3.63, 3.8) is 0 Å². The number of urea groups is 1. The number of aromatic nitrogens is 3. The van der Waals surface area contributed by atoms with Gasteiger partial charge >= 0.3 is 6.03 Å².